The SMILES string of the molecule is CC(C)(C)c1cc([C@@H]2CCCN2)c2ccccc2n1. The summed E-state index contributed by atoms with van der Waals surface area (Å²) in [6, 6.07) is 11.3. The topological polar surface area (TPSA) is 24.9 Å². The fourth-order valence-electron chi connectivity index (χ4n) is 2.82. The van der Waals surface area contributed by atoms with Crippen LogP contribution >= 0.6 is 0 Å². The highest BCUT2D eigenvalue weighted by atomic mass is 14.9. The third kappa shape index (κ3) is 2.37. The van der Waals surface area contributed by atoms with Crippen LogP contribution in [0.25, 0.3) is 10.9 Å². The number of aromatic nitrogens is 1. The van der Waals surface area contributed by atoms with E-state index in [1.54, 1.807) is 0 Å². The van der Waals surface area contributed by atoms with Crippen molar-refractivity contribution >= 4 is 10.9 Å². The second-order valence-corrected chi connectivity index (χ2v) is 6.51. The van der Waals surface area contributed by atoms with Crippen LogP contribution in [0.1, 0.15) is 50.9 Å². The third-order valence-electron chi connectivity index (χ3n) is 3.95. The van der Waals surface area contributed by atoms with Gasteiger partial charge >= 0.3 is 0 Å². The Labute approximate surface area is 115 Å². The first-order valence-corrected chi connectivity index (χ1v) is 7.19. The lowest BCUT2D eigenvalue weighted by molar-refractivity contribution is 0.566. The molecule has 0 spiro atoms. The molecule has 2 heteroatoms. The molecular formula is C17H22N2. The van der Waals surface area contributed by atoms with E-state index in [2.05, 4.69) is 56.4 Å². The molecule has 1 aliphatic rings. The Bertz CT molecular complexity index is 590. The summed E-state index contributed by atoms with van der Waals surface area (Å²) in [6.45, 7) is 7.83. The van der Waals surface area contributed by atoms with E-state index >= 15 is 0 Å². The average molecular weight is 254 g/mol. The number of pyridine rings is 1. The van der Waals surface area contributed by atoms with Gasteiger partial charge in [-0.2, -0.15) is 0 Å². The first-order chi connectivity index (χ1) is 9.05. The number of hydrogen-bond acceptors (Lipinski definition) is 2. The number of rotatable bonds is 1. The van der Waals surface area contributed by atoms with Crippen molar-refractivity contribution < 1.29 is 0 Å². The van der Waals surface area contributed by atoms with Crippen molar-refractivity contribution in [3.8, 4) is 0 Å². The fourth-order valence-corrected chi connectivity index (χ4v) is 2.82. The molecule has 0 bridgehead atoms. The molecule has 2 heterocycles. The Morgan fingerprint density at radius 2 is 2.00 bits per heavy atom. The minimum absolute atomic E-state index is 0.0946. The summed E-state index contributed by atoms with van der Waals surface area (Å²) < 4.78 is 0. The molecule has 1 aromatic heterocycles. The maximum absolute atomic E-state index is 4.85. The molecule has 1 saturated heterocycles. The summed E-state index contributed by atoms with van der Waals surface area (Å²) in [5, 5.41) is 4.92. The van der Waals surface area contributed by atoms with Crippen molar-refractivity contribution in [2.45, 2.75) is 45.1 Å². The van der Waals surface area contributed by atoms with Gasteiger partial charge in [-0.1, -0.05) is 39.0 Å². The highest BCUT2D eigenvalue weighted by molar-refractivity contribution is 5.83. The summed E-state index contributed by atoms with van der Waals surface area (Å²) >= 11 is 0. The van der Waals surface area contributed by atoms with Crippen LogP contribution in [0.4, 0.5) is 0 Å². The van der Waals surface area contributed by atoms with Gasteiger partial charge in [0, 0.05) is 22.5 Å². The molecular weight excluding hydrogens is 232 g/mol. The molecule has 2 nitrogen and oxygen atoms in total. The van der Waals surface area contributed by atoms with Crippen molar-refractivity contribution in [3.63, 3.8) is 0 Å². The summed E-state index contributed by atoms with van der Waals surface area (Å²) in [5.41, 5.74) is 3.83. The zero-order valence-corrected chi connectivity index (χ0v) is 12.0. The number of hydrogen-bond donors (Lipinski definition) is 1. The molecule has 0 amide bonds. The van der Waals surface area contributed by atoms with Crippen LogP contribution in [-0.4, -0.2) is 11.5 Å². The lowest BCUT2D eigenvalue weighted by Gasteiger charge is -2.22. The number of benzene rings is 1. The Kier molecular flexibility index (Phi) is 3.06. The van der Waals surface area contributed by atoms with Crippen LogP contribution in [-0.2, 0) is 5.41 Å². The van der Waals surface area contributed by atoms with Gasteiger partial charge in [-0.05, 0) is 37.1 Å². The predicted octanol–water partition coefficient (Wildman–Crippen LogP) is 3.96. The molecule has 3 rings (SSSR count). The van der Waals surface area contributed by atoms with Gasteiger partial charge in [0.05, 0.1) is 5.52 Å². The van der Waals surface area contributed by atoms with E-state index in [0.717, 1.165) is 12.1 Å². The van der Waals surface area contributed by atoms with Gasteiger partial charge in [-0.25, -0.2) is 0 Å². The first-order valence-electron chi connectivity index (χ1n) is 7.19. The number of nitrogens with one attached hydrogen (secondary N) is 1. The van der Waals surface area contributed by atoms with E-state index in [4.69, 9.17) is 4.98 Å². The Balaban J connectivity index is 2.21. The zero-order chi connectivity index (χ0) is 13.5. The zero-order valence-electron chi connectivity index (χ0n) is 12.0. The second-order valence-electron chi connectivity index (χ2n) is 6.51. The number of para-hydroxylation sites is 1. The molecule has 0 radical (unpaired) electrons. The van der Waals surface area contributed by atoms with Gasteiger partial charge in [0.15, 0.2) is 0 Å². The Morgan fingerprint density at radius 1 is 1.21 bits per heavy atom. The molecule has 2 aromatic rings. The monoisotopic (exact) mass is 254 g/mol. The van der Waals surface area contributed by atoms with Gasteiger partial charge in [-0.15, -0.1) is 0 Å². The maximum atomic E-state index is 4.85. The summed E-state index contributed by atoms with van der Waals surface area (Å²) in [6.07, 6.45) is 2.50. The van der Waals surface area contributed by atoms with Crippen LogP contribution in [0.3, 0.4) is 0 Å². The van der Waals surface area contributed by atoms with Crippen LogP contribution in [0, 0.1) is 0 Å². The lowest BCUT2D eigenvalue weighted by Crippen LogP contribution is -2.18. The highest BCUT2D eigenvalue weighted by Gasteiger charge is 2.23. The molecule has 100 valence electrons. The largest absolute Gasteiger partial charge is 0.310 e. The van der Waals surface area contributed by atoms with Crippen LogP contribution < -0.4 is 5.32 Å². The molecule has 19 heavy (non-hydrogen) atoms. The molecule has 0 saturated carbocycles. The third-order valence-corrected chi connectivity index (χ3v) is 3.95. The molecule has 1 fully saturated rings. The van der Waals surface area contributed by atoms with Crippen molar-refractivity contribution in [3.05, 3.63) is 41.6 Å². The van der Waals surface area contributed by atoms with E-state index in [1.165, 1.54) is 29.5 Å². The van der Waals surface area contributed by atoms with Gasteiger partial charge in [0.25, 0.3) is 0 Å². The minimum Gasteiger partial charge on any atom is -0.310 e. The average Bonchev–Trinajstić information content (AvgIpc) is 2.90. The second kappa shape index (κ2) is 4.61. The molecule has 1 aliphatic heterocycles. The fraction of sp³-hybridized carbons (Fsp3) is 0.471. The van der Waals surface area contributed by atoms with Crippen molar-refractivity contribution in [1.82, 2.24) is 10.3 Å². The molecule has 1 atom stereocenters. The van der Waals surface area contributed by atoms with Gasteiger partial charge in [0.1, 0.15) is 0 Å². The number of nitrogens with zero attached hydrogens (tertiary/aromatic N) is 1. The highest BCUT2D eigenvalue weighted by Crippen LogP contribution is 2.32. The van der Waals surface area contributed by atoms with Crippen molar-refractivity contribution in [1.29, 1.82) is 0 Å². The van der Waals surface area contributed by atoms with Crippen molar-refractivity contribution in [2.24, 2.45) is 0 Å². The number of fused-ring (bicyclic) bond motifs is 1. The smallest absolute Gasteiger partial charge is 0.0708 e. The maximum Gasteiger partial charge on any atom is 0.0708 e. The van der Waals surface area contributed by atoms with E-state index in [0.29, 0.717) is 6.04 Å². The lowest BCUT2D eigenvalue weighted by atomic mass is 9.88. The standard InChI is InChI=1S/C17H22N2/c1-17(2,3)16-11-13(14-9-6-10-18-14)12-7-4-5-8-15(12)19-16/h4-5,7-8,11,14,18H,6,9-10H2,1-3H3/t14-/m0/s1. The van der Waals surface area contributed by atoms with Crippen LogP contribution in [0.15, 0.2) is 30.3 Å². The first kappa shape index (κ1) is 12.6. The normalized spacial score (nSPS) is 20.1. The van der Waals surface area contributed by atoms with E-state index < -0.39 is 0 Å². The molecule has 1 aromatic carbocycles. The van der Waals surface area contributed by atoms with Gasteiger partial charge in [-0.3, -0.25) is 4.98 Å². The molecule has 0 aliphatic carbocycles. The Hall–Kier alpha value is -1.41. The molecule has 0 unspecified atom stereocenters. The van der Waals surface area contributed by atoms with E-state index in [-0.39, 0.29) is 5.41 Å². The van der Waals surface area contributed by atoms with Crippen molar-refractivity contribution in [2.75, 3.05) is 6.54 Å². The predicted molar refractivity (Wildman–Crippen MR) is 80.4 cm³/mol. The van der Waals surface area contributed by atoms with Crippen LogP contribution in [0.2, 0.25) is 0 Å². The van der Waals surface area contributed by atoms with Gasteiger partial charge < -0.3 is 5.32 Å². The summed E-state index contributed by atoms with van der Waals surface area (Å²) in [7, 11) is 0. The summed E-state index contributed by atoms with van der Waals surface area (Å²) in [4.78, 5) is 4.85. The van der Waals surface area contributed by atoms with E-state index in [1.807, 2.05) is 0 Å². The summed E-state index contributed by atoms with van der Waals surface area (Å²) in [5.74, 6) is 0. The van der Waals surface area contributed by atoms with E-state index in [9.17, 15) is 0 Å². The minimum atomic E-state index is 0.0946. The van der Waals surface area contributed by atoms with Crippen LogP contribution in [0.5, 0.6) is 0 Å². The van der Waals surface area contributed by atoms with Gasteiger partial charge in [0.2, 0.25) is 0 Å². The Morgan fingerprint density at radius 3 is 2.68 bits per heavy atom. The quantitative estimate of drug-likeness (QED) is 0.833. The molecule has 1 N–H and O–H groups in total.